The van der Waals surface area contributed by atoms with Gasteiger partial charge in [0.2, 0.25) is 10.0 Å². The molecular formula is C24H27N3O6S2. The normalized spacial score (nSPS) is 21.8. The van der Waals surface area contributed by atoms with Gasteiger partial charge in [0.05, 0.1) is 23.0 Å². The molecule has 2 aromatic rings. The van der Waals surface area contributed by atoms with Gasteiger partial charge in [-0.15, -0.1) is 4.40 Å². The minimum absolute atomic E-state index is 0.0362. The van der Waals surface area contributed by atoms with Gasteiger partial charge in [-0.3, -0.25) is 18.6 Å². The van der Waals surface area contributed by atoms with Crippen molar-refractivity contribution >= 4 is 49.6 Å². The number of anilines is 2. The third kappa shape index (κ3) is 4.59. The summed E-state index contributed by atoms with van der Waals surface area (Å²) in [6, 6.07) is 11.2. The Balaban J connectivity index is 1.85. The molecule has 1 aliphatic carbocycles. The Morgan fingerprint density at radius 3 is 2.54 bits per heavy atom. The Labute approximate surface area is 205 Å². The number of rotatable bonds is 5. The van der Waals surface area contributed by atoms with E-state index >= 15 is 0 Å². The highest BCUT2D eigenvalue weighted by Gasteiger charge is 2.46. The molecule has 1 atom stereocenters. The Bertz CT molecular complexity index is 1440. The van der Waals surface area contributed by atoms with E-state index in [4.69, 9.17) is 0 Å². The second-order valence-corrected chi connectivity index (χ2v) is 12.5. The molecule has 0 spiro atoms. The van der Waals surface area contributed by atoms with E-state index in [-0.39, 0.29) is 33.4 Å². The number of nitrogens with one attached hydrogen (secondary N) is 2. The number of benzene rings is 2. The number of fused-ring (bicyclic) bond motifs is 2. The van der Waals surface area contributed by atoms with Crippen molar-refractivity contribution in [3.05, 3.63) is 70.8 Å². The number of aliphatic hydroxyl groups is 1. The van der Waals surface area contributed by atoms with E-state index in [2.05, 4.69) is 14.4 Å². The fourth-order valence-corrected chi connectivity index (χ4v) is 5.95. The number of carbonyl (C=O) groups is 1. The first-order valence-corrected chi connectivity index (χ1v) is 14.1. The highest BCUT2D eigenvalue weighted by molar-refractivity contribution is 8.23. The van der Waals surface area contributed by atoms with Crippen LogP contribution in [-0.2, 0) is 20.2 Å². The standard InChI is InChI=1S/C24H27N3O6S2/c1-14(2)11-12-24(3)17-8-6-5-7-16(17)21(28)20(22(24)29)23-25-18-10-9-15(26-34(4,30)31)13-19(18)35(32,33)27-23/h5-11,13,26,28,32-33H,12H2,1-4H3,(H,25,27)/t24-/m1/s1. The molecule has 186 valence electrons. The molecule has 0 fully saturated rings. The lowest BCUT2D eigenvalue weighted by Gasteiger charge is -2.38. The summed E-state index contributed by atoms with van der Waals surface area (Å²) >= 11 is 0. The zero-order valence-electron chi connectivity index (χ0n) is 19.7. The molecule has 0 saturated carbocycles. The molecule has 9 nitrogen and oxygen atoms in total. The van der Waals surface area contributed by atoms with Crippen LogP contribution in [0, 0.1) is 0 Å². The van der Waals surface area contributed by atoms with Crippen LogP contribution in [0.5, 0.6) is 0 Å². The van der Waals surface area contributed by atoms with Crippen molar-refractivity contribution in [1.29, 1.82) is 0 Å². The average molecular weight is 518 g/mol. The lowest BCUT2D eigenvalue weighted by atomic mass is 9.67. The van der Waals surface area contributed by atoms with Gasteiger partial charge in [-0.05, 0) is 51.0 Å². The summed E-state index contributed by atoms with van der Waals surface area (Å²) in [6.07, 6.45) is 3.31. The quantitative estimate of drug-likeness (QED) is 0.348. The molecule has 0 bridgehead atoms. The van der Waals surface area contributed by atoms with Crippen molar-refractivity contribution in [2.75, 3.05) is 16.3 Å². The molecule has 4 rings (SSSR count). The average Bonchev–Trinajstić information content (AvgIpc) is 2.76. The summed E-state index contributed by atoms with van der Waals surface area (Å²) in [5, 5.41) is 14.1. The van der Waals surface area contributed by atoms with Crippen molar-refractivity contribution < 1.29 is 27.4 Å². The molecule has 11 heteroatoms. The van der Waals surface area contributed by atoms with Gasteiger partial charge in [0.1, 0.15) is 16.2 Å². The number of Topliss-reactive ketones (excluding diaryl/α,β-unsaturated/α-hetero) is 1. The molecular weight excluding hydrogens is 490 g/mol. The molecule has 0 amide bonds. The van der Waals surface area contributed by atoms with Gasteiger partial charge in [-0.1, -0.05) is 46.7 Å². The summed E-state index contributed by atoms with van der Waals surface area (Å²) in [6.45, 7) is 5.66. The molecule has 0 unspecified atom stereocenters. The van der Waals surface area contributed by atoms with E-state index in [1.807, 2.05) is 19.9 Å². The molecule has 1 aliphatic heterocycles. The number of sulfonamides is 1. The molecule has 5 N–H and O–H groups in total. The first-order chi connectivity index (χ1) is 16.2. The van der Waals surface area contributed by atoms with Crippen LogP contribution in [0.1, 0.15) is 38.3 Å². The van der Waals surface area contributed by atoms with E-state index < -0.39 is 32.0 Å². The van der Waals surface area contributed by atoms with Crippen LogP contribution >= 0.6 is 10.8 Å². The van der Waals surface area contributed by atoms with Crippen molar-refractivity contribution in [3.63, 3.8) is 0 Å². The number of hydrogen-bond donors (Lipinski definition) is 5. The topological polar surface area (TPSA) is 148 Å². The Morgan fingerprint density at radius 2 is 1.89 bits per heavy atom. The van der Waals surface area contributed by atoms with Gasteiger partial charge in [-0.25, -0.2) is 8.42 Å². The maximum Gasteiger partial charge on any atom is 0.229 e. The number of amidine groups is 1. The molecule has 2 aliphatic rings. The lowest BCUT2D eigenvalue weighted by molar-refractivity contribution is -0.120. The van der Waals surface area contributed by atoms with Crippen molar-refractivity contribution in [1.82, 2.24) is 0 Å². The van der Waals surface area contributed by atoms with E-state index in [1.54, 1.807) is 31.2 Å². The van der Waals surface area contributed by atoms with Crippen molar-refractivity contribution in [3.8, 4) is 0 Å². The molecule has 0 radical (unpaired) electrons. The van der Waals surface area contributed by atoms with Crippen LogP contribution in [0.4, 0.5) is 11.4 Å². The number of carbonyl (C=O) groups excluding carboxylic acids is 1. The number of hydrogen-bond acceptors (Lipinski definition) is 8. The summed E-state index contributed by atoms with van der Waals surface area (Å²) in [5.41, 5.74) is 1.36. The third-order valence-corrected chi connectivity index (χ3v) is 7.92. The smallest absolute Gasteiger partial charge is 0.229 e. The minimum Gasteiger partial charge on any atom is -0.506 e. The summed E-state index contributed by atoms with van der Waals surface area (Å²) in [5.74, 6) is -0.881. The molecule has 1 heterocycles. The van der Waals surface area contributed by atoms with Crippen LogP contribution in [-0.4, -0.2) is 40.5 Å². The van der Waals surface area contributed by atoms with Crippen LogP contribution in [0.15, 0.2) is 69.0 Å². The summed E-state index contributed by atoms with van der Waals surface area (Å²) in [4.78, 5) is 13.8. The number of nitrogens with zero attached hydrogens (tertiary/aromatic N) is 1. The maximum atomic E-state index is 13.9. The molecule has 35 heavy (non-hydrogen) atoms. The molecule has 2 aromatic carbocycles. The van der Waals surface area contributed by atoms with Crippen LogP contribution in [0.3, 0.4) is 0 Å². The maximum absolute atomic E-state index is 13.9. The monoisotopic (exact) mass is 517 g/mol. The van der Waals surface area contributed by atoms with Crippen molar-refractivity contribution in [2.24, 2.45) is 4.40 Å². The van der Waals surface area contributed by atoms with Gasteiger partial charge >= 0.3 is 0 Å². The Kier molecular flexibility index (Phi) is 6.08. The number of aliphatic hydroxyl groups excluding tert-OH is 1. The highest BCUT2D eigenvalue weighted by atomic mass is 32.3. The predicted octanol–water partition coefficient (Wildman–Crippen LogP) is 5.07. The van der Waals surface area contributed by atoms with Gasteiger partial charge in [0, 0.05) is 5.56 Å². The fraction of sp³-hybridized carbons (Fsp3) is 0.250. The van der Waals surface area contributed by atoms with E-state index in [0.29, 0.717) is 17.5 Å². The number of ketones is 1. The minimum atomic E-state index is -3.82. The zero-order chi connectivity index (χ0) is 25.8. The Hall–Kier alpha value is -3.12. The first-order valence-electron chi connectivity index (χ1n) is 10.7. The molecule has 0 saturated heterocycles. The van der Waals surface area contributed by atoms with Crippen LogP contribution < -0.4 is 10.0 Å². The third-order valence-electron chi connectivity index (χ3n) is 5.95. The largest absolute Gasteiger partial charge is 0.506 e. The van der Waals surface area contributed by atoms with E-state index in [1.165, 1.54) is 18.2 Å². The SMILES string of the molecule is CC(C)=CC[C@@]1(C)C(=O)C(C2=NS(O)(O)c3cc(NS(C)(=O)=O)ccc3N2)=C(O)c2ccccc21. The second kappa shape index (κ2) is 8.52. The first kappa shape index (κ1) is 25.0. The van der Waals surface area contributed by atoms with Crippen molar-refractivity contribution in [2.45, 2.75) is 37.5 Å². The summed E-state index contributed by atoms with van der Waals surface area (Å²) in [7, 11) is -7.41. The lowest BCUT2D eigenvalue weighted by Crippen LogP contribution is -2.42. The highest BCUT2D eigenvalue weighted by Crippen LogP contribution is 2.57. The fourth-order valence-electron chi connectivity index (χ4n) is 4.21. The number of allylic oxidation sites excluding steroid dienone is 2. The van der Waals surface area contributed by atoms with Gasteiger partial charge < -0.3 is 10.4 Å². The van der Waals surface area contributed by atoms with Crippen LogP contribution in [0.25, 0.3) is 5.76 Å². The van der Waals surface area contributed by atoms with Crippen LogP contribution in [0.2, 0.25) is 0 Å². The second-order valence-electron chi connectivity index (χ2n) is 9.08. The van der Waals surface area contributed by atoms with Gasteiger partial charge in [0.25, 0.3) is 0 Å². The summed E-state index contributed by atoms with van der Waals surface area (Å²) < 4.78 is 51.1. The predicted molar refractivity (Wildman–Crippen MR) is 139 cm³/mol. The van der Waals surface area contributed by atoms with Gasteiger partial charge in [0.15, 0.2) is 11.6 Å². The van der Waals surface area contributed by atoms with E-state index in [0.717, 1.165) is 11.8 Å². The Morgan fingerprint density at radius 1 is 1.20 bits per heavy atom. The zero-order valence-corrected chi connectivity index (χ0v) is 21.3. The van der Waals surface area contributed by atoms with Gasteiger partial charge in [-0.2, -0.15) is 0 Å². The molecule has 0 aromatic heterocycles. The van der Waals surface area contributed by atoms with E-state index in [9.17, 15) is 27.4 Å².